The van der Waals surface area contributed by atoms with Crippen LogP contribution in [0, 0.1) is 0 Å². The van der Waals surface area contributed by atoms with Crippen LogP contribution in [-0.4, -0.2) is 10.9 Å². The first kappa shape index (κ1) is 10.9. The Bertz CT molecular complexity index is 523. The Morgan fingerprint density at radius 2 is 2.12 bits per heavy atom. The summed E-state index contributed by atoms with van der Waals surface area (Å²) in [5.74, 6) is 0. The minimum absolute atomic E-state index is 0.311. The van der Waals surface area contributed by atoms with Crippen molar-refractivity contribution in [3.8, 4) is 0 Å². The molecule has 0 unspecified atom stereocenters. The van der Waals surface area contributed by atoms with E-state index in [9.17, 15) is 4.79 Å². The van der Waals surface area contributed by atoms with E-state index in [1.54, 1.807) is 0 Å². The first-order chi connectivity index (χ1) is 7.69. The van der Waals surface area contributed by atoms with E-state index in [1.807, 2.05) is 6.07 Å². The second-order valence-electron chi connectivity index (χ2n) is 4.36. The molecule has 2 heteroatoms. The summed E-state index contributed by atoms with van der Waals surface area (Å²) in [4.78, 5) is 11.1. The van der Waals surface area contributed by atoms with Crippen molar-refractivity contribution in [1.82, 2.24) is 4.57 Å². The summed E-state index contributed by atoms with van der Waals surface area (Å²) in [6, 6.07) is 8.54. The summed E-state index contributed by atoms with van der Waals surface area (Å²) < 4.78 is 2.13. The van der Waals surface area contributed by atoms with Crippen LogP contribution in [0.25, 0.3) is 10.9 Å². The van der Waals surface area contributed by atoms with Gasteiger partial charge >= 0.3 is 0 Å². The molecule has 0 aliphatic rings. The highest BCUT2D eigenvalue weighted by Gasteiger charge is 2.12. The minimum atomic E-state index is 0.311. The quantitative estimate of drug-likeness (QED) is 0.717. The molecular weight excluding hydrogens is 198 g/mol. The van der Waals surface area contributed by atoms with Gasteiger partial charge in [0.2, 0.25) is 0 Å². The number of aromatic nitrogens is 1. The number of hydrogen-bond acceptors (Lipinski definition) is 1. The van der Waals surface area contributed by atoms with Crippen molar-refractivity contribution in [2.75, 3.05) is 0 Å². The molecule has 0 N–H and O–H groups in total. The number of nitrogens with zero attached hydrogens (tertiary/aromatic N) is 1. The Kier molecular flexibility index (Phi) is 2.82. The summed E-state index contributed by atoms with van der Waals surface area (Å²) in [6.07, 6.45) is 1.94. The van der Waals surface area contributed by atoms with E-state index in [0.29, 0.717) is 6.04 Å². The van der Waals surface area contributed by atoms with Gasteiger partial charge in [-0.3, -0.25) is 4.79 Å². The first-order valence-electron chi connectivity index (χ1n) is 5.77. The van der Waals surface area contributed by atoms with Gasteiger partial charge in [0.1, 0.15) is 0 Å². The normalized spacial score (nSPS) is 11.2. The Hall–Kier alpha value is -1.57. The highest BCUT2D eigenvalue weighted by Crippen LogP contribution is 2.26. The molecule has 0 aliphatic carbocycles. The van der Waals surface area contributed by atoms with Crippen LogP contribution in [0.5, 0.6) is 0 Å². The molecule has 0 fully saturated rings. The number of carbonyl (C=O) groups is 1. The second kappa shape index (κ2) is 4.12. The van der Waals surface area contributed by atoms with Crippen LogP contribution in [-0.2, 0) is 6.42 Å². The molecule has 0 bridgehead atoms. The molecule has 0 saturated carbocycles. The van der Waals surface area contributed by atoms with Gasteiger partial charge in [0.15, 0.2) is 6.29 Å². The number of para-hydroxylation sites is 1. The SMILES string of the molecule is CCc1cccc2cc(C=O)n(C(C)C)c12. The van der Waals surface area contributed by atoms with Crippen LogP contribution in [0.3, 0.4) is 0 Å². The smallest absolute Gasteiger partial charge is 0.166 e. The molecule has 84 valence electrons. The molecule has 1 heterocycles. The zero-order valence-corrected chi connectivity index (χ0v) is 10.0. The van der Waals surface area contributed by atoms with Crippen molar-refractivity contribution < 1.29 is 4.79 Å². The molecule has 0 amide bonds. The Morgan fingerprint density at radius 3 is 2.69 bits per heavy atom. The van der Waals surface area contributed by atoms with Crippen molar-refractivity contribution >= 4 is 17.2 Å². The van der Waals surface area contributed by atoms with Gasteiger partial charge in [-0.2, -0.15) is 0 Å². The average molecular weight is 215 g/mol. The lowest BCUT2D eigenvalue weighted by molar-refractivity contribution is 0.111. The maximum absolute atomic E-state index is 11.1. The second-order valence-corrected chi connectivity index (χ2v) is 4.36. The van der Waals surface area contributed by atoms with E-state index >= 15 is 0 Å². The topological polar surface area (TPSA) is 22.0 Å². The van der Waals surface area contributed by atoms with Crippen LogP contribution in [0.4, 0.5) is 0 Å². The van der Waals surface area contributed by atoms with Gasteiger partial charge in [0.25, 0.3) is 0 Å². The van der Waals surface area contributed by atoms with Crippen molar-refractivity contribution in [2.24, 2.45) is 0 Å². The summed E-state index contributed by atoms with van der Waals surface area (Å²) >= 11 is 0. The predicted molar refractivity (Wildman–Crippen MR) is 67.1 cm³/mol. The highest BCUT2D eigenvalue weighted by atomic mass is 16.1. The maximum atomic E-state index is 11.1. The van der Waals surface area contributed by atoms with Gasteiger partial charge in [-0.15, -0.1) is 0 Å². The Morgan fingerprint density at radius 1 is 1.38 bits per heavy atom. The highest BCUT2D eigenvalue weighted by molar-refractivity contribution is 5.91. The van der Waals surface area contributed by atoms with Crippen LogP contribution in [0.15, 0.2) is 24.3 Å². The zero-order chi connectivity index (χ0) is 11.7. The van der Waals surface area contributed by atoms with Crippen molar-refractivity contribution in [3.05, 3.63) is 35.5 Å². The zero-order valence-electron chi connectivity index (χ0n) is 10.0. The molecule has 1 aromatic heterocycles. The van der Waals surface area contributed by atoms with Crippen LogP contribution in [0.1, 0.15) is 42.9 Å². The fourth-order valence-corrected chi connectivity index (χ4v) is 2.31. The molecule has 16 heavy (non-hydrogen) atoms. The number of aryl methyl sites for hydroxylation is 1. The molecule has 0 atom stereocenters. The number of carbonyl (C=O) groups excluding carboxylic acids is 1. The standard InChI is InChI=1S/C14H17NO/c1-4-11-6-5-7-12-8-13(9-16)15(10(2)3)14(11)12/h5-10H,4H2,1-3H3. The van der Waals surface area contributed by atoms with Gasteiger partial charge in [-0.25, -0.2) is 0 Å². The van der Waals surface area contributed by atoms with Gasteiger partial charge < -0.3 is 4.57 Å². The number of aldehydes is 1. The molecule has 2 rings (SSSR count). The van der Waals surface area contributed by atoms with Crippen molar-refractivity contribution in [3.63, 3.8) is 0 Å². The van der Waals surface area contributed by atoms with E-state index in [-0.39, 0.29) is 0 Å². The van der Waals surface area contributed by atoms with Gasteiger partial charge in [0.05, 0.1) is 11.2 Å². The average Bonchev–Trinajstić information content (AvgIpc) is 2.66. The summed E-state index contributed by atoms with van der Waals surface area (Å²) in [7, 11) is 0. The van der Waals surface area contributed by atoms with E-state index in [1.165, 1.54) is 11.1 Å². The van der Waals surface area contributed by atoms with E-state index < -0.39 is 0 Å². The fourth-order valence-electron chi connectivity index (χ4n) is 2.31. The Balaban J connectivity index is 2.85. The molecular formula is C14H17NO. The number of rotatable bonds is 3. The molecule has 2 aromatic rings. The summed E-state index contributed by atoms with van der Waals surface area (Å²) in [6.45, 7) is 6.37. The lowest BCUT2D eigenvalue weighted by atomic mass is 10.1. The number of benzene rings is 1. The first-order valence-corrected chi connectivity index (χ1v) is 5.77. The Labute approximate surface area is 95.9 Å². The van der Waals surface area contributed by atoms with Gasteiger partial charge in [-0.05, 0) is 31.9 Å². The summed E-state index contributed by atoms with van der Waals surface area (Å²) in [5.41, 5.74) is 3.28. The number of hydrogen-bond donors (Lipinski definition) is 0. The lowest BCUT2D eigenvalue weighted by Crippen LogP contribution is -2.05. The van der Waals surface area contributed by atoms with Crippen molar-refractivity contribution in [2.45, 2.75) is 33.2 Å². The molecule has 0 saturated heterocycles. The largest absolute Gasteiger partial charge is 0.336 e. The monoisotopic (exact) mass is 215 g/mol. The predicted octanol–water partition coefficient (Wildman–Crippen LogP) is 3.60. The molecule has 0 spiro atoms. The van der Waals surface area contributed by atoms with Crippen LogP contribution < -0.4 is 0 Å². The lowest BCUT2D eigenvalue weighted by Gasteiger charge is -2.13. The number of fused-ring (bicyclic) bond motifs is 1. The van der Waals surface area contributed by atoms with Crippen LogP contribution in [0.2, 0.25) is 0 Å². The molecule has 1 aromatic carbocycles. The van der Waals surface area contributed by atoms with Crippen molar-refractivity contribution in [1.29, 1.82) is 0 Å². The minimum Gasteiger partial charge on any atom is -0.336 e. The van der Waals surface area contributed by atoms with Gasteiger partial charge in [-0.1, -0.05) is 25.1 Å². The molecule has 2 nitrogen and oxygen atoms in total. The summed E-state index contributed by atoms with van der Waals surface area (Å²) in [5, 5.41) is 1.16. The van der Waals surface area contributed by atoms with E-state index in [0.717, 1.165) is 23.8 Å². The third-order valence-corrected chi connectivity index (χ3v) is 2.99. The third kappa shape index (κ3) is 1.54. The van der Waals surface area contributed by atoms with E-state index in [4.69, 9.17) is 0 Å². The van der Waals surface area contributed by atoms with Gasteiger partial charge in [0, 0.05) is 11.4 Å². The molecule has 0 aliphatic heterocycles. The molecule has 0 radical (unpaired) electrons. The van der Waals surface area contributed by atoms with Crippen LogP contribution >= 0.6 is 0 Å². The maximum Gasteiger partial charge on any atom is 0.166 e. The van der Waals surface area contributed by atoms with E-state index in [2.05, 4.69) is 43.5 Å². The fraction of sp³-hybridized carbons (Fsp3) is 0.357. The third-order valence-electron chi connectivity index (χ3n) is 2.99.